The third-order valence-electron chi connectivity index (χ3n) is 8.99. The van der Waals surface area contributed by atoms with Crippen molar-refractivity contribution in [1.82, 2.24) is 0 Å². The lowest BCUT2D eigenvalue weighted by Gasteiger charge is -2.34. The minimum absolute atomic E-state index is 0.0369. The van der Waals surface area contributed by atoms with E-state index in [-0.39, 0.29) is 43.9 Å². The van der Waals surface area contributed by atoms with Gasteiger partial charge in [-0.05, 0) is 57.9 Å². The van der Waals surface area contributed by atoms with Crippen LogP contribution in [-0.4, -0.2) is 116 Å². The number of hydrogen-bond donors (Lipinski definition) is 4. The van der Waals surface area contributed by atoms with Crippen LogP contribution in [0, 0.1) is 17.3 Å². The monoisotopic (exact) mass is 662 g/mol. The van der Waals surface area contributed by atoms with Crippen LogP contribution in [0.4, 0.5) is 0 Å². The van der Waals surface area contributed by atoms with Gasteiger partial charge in [0, 0.05) is 39.6 Å². The highest BCUT2D eigenvalue weighted by molar-refractivity contribution is 5.89. The number of ketones is 1. The van der Waals surface area contributed by atoms with Crippen molar-refractivity contribution in [3.05, 3.63) is 11.6 Å². The first-order valence-corrected chi connectivity index (χ1v) is 17.0. The summed E-state index contributed by atoms with van der Waals surface area (Å²) in [7, 11) is 2.94. The lowest BCUT2D eigenvalue weighted by atomic mass is 9.75. The molecule has 1 aliphatic heterocycles. The summed E-state index contributed by atoms with van der Waals surface area (Å²) in [4.78, 5) is 13.9. The van der Waals surface area contributed by atoms with Gasteiger partial charge in [0.05, 0.1) is 49.1 Å². The quantitative estimate of drug-likeness (QED) is 0.0633. The van der Waals surface area contributed by atoms with E-state index in [9.17, 15) is 25.2 Å². The maximum Gasteiger partial charge on any atom is 0.172 e. The Morgan fingerprint density at radius 3 is 2.28 bits per heavy atom. The predicted octanol–water partition coefficient (Wildman–Crippen LogP) is 4.17. The Morgan fingerprint density at radius 1 is 1.04 bits per heavy atom. The van der Waals surface area contributed by atoms with Crippen LogP contribution in [0.1, 0.15) is 100 Å². The molecule has 1 unspecified atom stereocenters. The first kappa shape index (κ1) is 43.0. The second-order valence-corrected chi connectivity index (χ2v) is 14.0. The molecule has 0 aromatic carbocycles. The van der Waals surface area contributed by atoms with Gasteiger partial charge in [-0.1, -0.05) is 47.1 Å². The standard InChI is InChI=1S/C35H66O11/c1-11-13-14-43-21-25(12-2)17-24(4)27(38)15-23(3)16-31(39)34(5,6)33(40)32-29(45-35(7,8)46-32)19-26(37)18-28(42-10)30(20-36)44-22-41-9/h17,23,25-32,36-39H,11-16,18-22H2,1-10H3/b24-17-/t23?,25-,26+,27+,28-,29-,30-,31+,32-/m1/s1. The van der Waals surface area contributed by atoms with Gasteiger partial charge in [0.1, 0.15) is 19.0 Å². The number of hydrogen-bond acceptors (Lipinski definition) is 11. The molecule has 1 fully saturated rings. The van der Waals surface area contributed by atoms with Crippen LogP contribution in [-0.2, 0) is 33.2 Å². The van der Waals surface area contributed by atoms with Gasteiger partial charge in [-0.25, -0.2) is 0 Å². The van der Waals surface area contributed by atoms with E-state index in [1.165, 1.54) is 14.2 Å². The minimum Gasteiger partial charge on any atom is -0.394 e. The fourth-order valence-corrected chi connectivity index (χ4v) is 5.81. The maximum absolute atomic E-state index is 13.9. The number of carbonyl (C=O) groups excluding carboxylic acids is 1. The molecule has 11 heteroatoms. The van der Waals surface area contributed by atoms with E-state index in [0.717, 1.165) is 31.4 Å². The fourth-order valence-electron chi connectivity index (χ4n) is 5.81. The Bertz CT molecular complexity index is 877. The van der Waals surface area contributed by atoms with Gasteiger partial charge in [0.15, 0.2) is 11.6 Å². The van der Waals surface area contributed by atoms with Gasteiger partial charge in [-0.3, -0.25) is 4.79 Å². The number of aliphatic hydroxyl groups is 4. The summed E-state index contributed by atoms with van der Waals surface area (Å²) in [5, 5.41) is 42.9. The number of methoxy groups -OCH3 is 2. The summed E-state index contributed by atoms with van der Waals surface area (Å²) in [6, 6.07) is 0. The molecule has 46 heavy (non-hydrogen) atoms. The summed E-state index contributed by atoms with van der Waals surface area (Å²) in [6.45, 7) is 16.0. The van der Waals surface area contributed by atoms with Crippen LogP contribution in [0.15, 0.2) is 11.6 Å². The van der Waals surface area contributed by atoms with E-state index in [4.69, 9.17) is 28.4 Å². The van der Waals surface area contributed by atoms with E-state index < -0.39 is 53.9 Å². The topological polar surface area (TPSA) is 153 Å². The van der Waals surface area contributed by atoms with E-state index >= 15 is 0 Å². The molecular formula is C35H66O11. The Hall–Kier alpha value is -0.990. The van der Waals surface area contributed by atoms with Crippen LogP contribution >= 0.6 is 0 Å². The summed E-state index contributed by atoms with van der Waals surface area (Å²) < 4.78 is 33.7. The van der Waals surface area contributed by atoms with Crippen LogP contribution in [0.5, 0.6) is 0 Å². The Balaban J connectivity index is 2.87. The SMILES string of the molecule is CCCCOC[C@@H](/C=C(/C)[C@@H](O)CC(C)C[C@H](O)C(C)(C)C(=O)[C@@H]1OC(C)(C)O[C@@H]1C[C@@H](O)C[C@@H](OC)[C@@H](CO)OCOC)CC. The van der Waals surface area contributed by atoms with Crippen LogP contribution < -0.4 is 0 Å². The molecule has 0 spiro atoms. The molecule has 1 heterocycles. The zero-order valence-corrected chi connectivity index (χ0v) is 30.2. The molecule has 1 rings (SSSR count). The van der Waals surface area contributed by atoms with Gasteiger partial charge in [-0.2, -0.15) is 0 Å². The van der Waals surface area contributed by atoms with Gasteiger partial charge >= 0.3 is 0 Å². The smallest absolute Gasteiger partial charge is 0.172 e. The van der Waals surface area contributed by atoms with Gasteiger partial charge in [0.2, 0.25) is 0 Å². The second kappa shape index (κ2) is 21.2. The van der Waals surface area contributed by atoms with Crippen molar-refractivity contribution in [2.45, 2.75) is 149 Å². The van der Waals surface area contributed by atoms with Gasteiger partial charge in [-0.15, -0.1) is 0 Å². The summed E-state index contributed by atoms with van der Waals surface area (Å²) >= 11 is 0. The van der Waals surface area contributed by atoms with Crippen molar-refractivity contribution in [2.75, 3.05) is 40.8 Å². The van der Waals surface area contributed by atoms with Crippen LogP contribution in [0.2, 0.25) is 0 Å². The van der Waals surface area contributed by atoms with Crippen LogP contribution in [0.3, 0.4) is 0 Å². The van der Waals surface area contributed by atoms with Crippen molar-refractivity contribution in [3.63, 3.8) is 0 Å². The molecule has 1 aliphatic rings. The molecule has 272 valence electrons. The minimum atomic E-state index is -1.18. The molecule has 0 aliphatic carbocycles. The van der Waals surface area contributed by atoms with Crippen LogP contribution in [0.25, 0.3) is 0 Å². The number of carbonyl (C=O) groups is 1. The lowest BCUT2D eigenvalue weighted by molar-refractivity contribution is -0.163. The molecule has 0 aromatic rings. The number of unbranched alkanes of at least 4 members (excludes halogenated alkanes) is 1. The molecule has 0 amide bonds. The highest BCUT2D eigenvalue weighted by Crippen LogP contribution is 2.38. The molecule has 1 saturated heterocycles. The molecule has 0 bridgehead atoms. The number of Topliss-reactive ketones (excluding diaryl/α,β-unsaturated/α-hetero) is 1. The van der Waals surface area contributed by atoms with Gasteiger partial charge in [0.25, 0.3) is 0 Å². The molecule has 0 aromatic heterocycles. The normalized spacial score (nSPS) is 23.5. The Morgan fingerprint density at radius 2 is 1.72 bits per heavy atom. The first-order chi connectivity index (χ1) is 21.6. The maximum atomic E-state index is 13.9. The zero-order chi connectivity index (χ0) is 35.1. The van der Waals surface area contributed by atoms with Crippen molar-refractivity contribution in [2.24, 2.45) is 17.3 Å². The molecular weight excluding hydrogens is 596 g/mol. The number of aliphatic hydroxyl groups excluding tert-OH is 4. The van der Waals surface area contributed by atoms with E-state index in [0.29, 0.717) is 19.4 Å². The Labute approximate surface area is 277 Å². The van der Waals surface area contributed by atoms with Gasteiger partial charge < -0.3 is 48.8 Å². The van der Waals surface area contributed by atoms with E-state index in [1.807, 2.05) is 13.8 Å². The summed E-state index contributed by atoms with van der Waals surface area (Å²) in [5.41, 5.74) is -0.301. The third-order valence-corrected chi connectivity index (χ3v) is 8.99. The molecule has 9 atom stereocenters. The second-order valence-electron chi connectivity index (χ2n) is 14.0. The molecule has 4 N–H and O–H groups in total. The Kier molecular flexibility index (Phi) is 19.8. The number of ether oxygens (including phenoxy) is 6. The number of rotatable bonds is 25. The molecule has 0 saturated carbocycles. The van der Waals surface area contributed by atoms with E-state index in [1.54, 1.807) is 27.7 Å². The molecule has 11 nitrogen and oxygen atoms in total. The summed E-state index contributed by atoms with van der Waals surface area (Å²) in [6.07, 6.45) is 0.367. The largest absolute Gasteiger partial charge is 0.394 e. The van der Waals surface area contributed by atoms with Crippen molar-refractivity contribution in [1.29, 1.82) is 0 Å². The zero-order valence-electron chi connectivity index (χ0n) is 30.2. The van der Waals surface area contributed by atoms with E-state index in [2.05, 4.69) is 19.9 Å². The summed E-state index contributed by atoms with van der Waals surface area (Å²) in [5.74, 6) is -1.23. The first-order valence-electron chi connectivity index (χ1n) is 17.0. The highest BCUT2D eigenvalue weighted by atomic mass is 16.8. The lowest BCUT2D eigenvalue weighted by Crippen LogP contribution is -2.48. The van der Waals surface area contributed by atoms with Crippen molar-refractivity contribution < 1.29 is 53.6 Å². The average Bonchev–Trinajstić information content (AvgIpc) is 3.30. The predicted molar refractivity (Wildman–Crippen MR) is 176 cm³/mol. The fraction of sp³-hybridized carbons (Fsp3) is 0.914. The van der Waals surface area contributed by atoms with Crippen molar-refractivity contribution >= 4 is 5.78 Å². The van der Waals surface area contributed by atoms with Crippen molar-refractivity contribution in [3.8, 4) is 0 Å². The highest BCUT2D eigenvalue weighted by Gasteiger charge is 2.51. The average molecular weight is 663 g/mol. The third kappa shape index (κ3) is 14.2. The molecule has 0 radical (unpaired) electrons.